The number of aromatic nitrogens is 2. The summed E-state index contributed by atoms with van der Waals surface area (Å²) in [6.45, 7) is 3.88. The van der Waals surface area contributed by atoms with Crippen molar-refractivity contribution >= 4 is 0 Å². The topological polar surface area (TPSA) is 43.8 Å². The van der Waals surface area contributed by atoms with Crippen LogP contribution in [0, 0.1) is 0 Å². The van der Waals surface area contributed by atoms with Crippen LogP contribution in [-0.4, -0.2) is 16.3 Å². The molecular formula is C10H17N3. The van der Waals surface area contributed by atoms with Crippen molar-refractivity contribution in [2.45, 2.75) is 38.6 Å². The minimum atomic E-state index is 0.559. The molecule has 0 fully saturated rings. The first-order chi connectivity index (χ1) is 6.36. The number of nitrogens with zero attached hydrogens (tertiary/aromatic N) is 2. The maximum Gasteiger partial charge on any atom is 0.0527 e. The van der Waals surface area contributed by atoms with Crippen LogP contribution in [0.2, 0.25) is 0 Å². The van der Waals surface area contributed by atoms with E-state index in [4.69, 9.17) is 5.73 Å². The van der Waals surface area contributed by atoms with Crippen molar-refractivity contribution in [1.82, 2.24) is 9.78 Å². The summed E-state index contributed by atoms with van der Waals surface area (Å²) in [5.41, 5.74) is 8.55. The van der Waals surface area contributed by atoms with Gasteiger partial charge in [-0.05, 0) is 44.2 Å². The van der Waals surface area contributed by atoms with Gasteiger partial charge in [-0.25, -0.2) is 0 Å². The average Bonchev–Trinajstić information content (AvgIpc) is 2.60. The van der Waals surface area contributed by atoms with E-state index in [1.54, 1.807) is 0 Å². The summed E-state index contributed by atoms with van der Waals surface area (Å²) >= 11 is 0. The minimum Gasteiger partial charge on any atom is -0.330 e. The molecule has 1 aliphatic rings. The van der Waals surface area contributed by atoms with Crippen molar-refractivity contribution in [2.24, 2.45) is 5.73 Å². The number of aryl methyl sites for hydroxylation is 1. The zero-order valence-electron chi connectivity index (χ0n) is 8.16. The Bertz CT molecular complexity index is 290. The Hall–Kier alpha value is -0.830. The average molecular weight is 179 g/mol. The van der Waals surface area contributed by atoms with Crippen molar-refractivity contribution < 1.29 is 0 Å². The SMILES string of the molecule is CCn1ncc2c1CCCC2CN. The van der Waals surface area contributed by atoms with E-state index < -0.39 is 0 Å². The van der Waals surface area contributed by atoms with Crippen molar-refractivity contribution in [1.29, 1.82) is 0 Å². The van der Waals surface area contributed by atoms with E-state index in [1.807, 2.05) is 6.20 Å². The number of hydrogen-bond acceptors (Lipinski definition) is 2. The van der Waals surface area contributed by atoms with Crippen LogP contribution in [0.3, 0.4) is 0 Å². The predicted octanol–water partition coefficient (Wildman–Crippen LogP) is 1.28. The van der Waals surface area contributed by atoms with Gasteiger partial charge in [0.1, 0.15) is 0 Å². The molecule has 0 radical (unpaired) electrons. The number of fused-ring (bicyclic) bond motifs is 1. The van der Waals surface area contributed by atoms with Crippen LogP contribution in [0.15, 0.2) is 6.20 Å². The summed E-state index contributed by atoms with van der Waals surface area (Å²) in [5.74, 6) is 0.559. The largest absolute Gasteiger partial charge is 0.330 e. The van der Waals surface area contributed by atoms with Gasteiger partial charge in [0.05, 0.1) is 6.20 Å². The lowest BCUT2D eigenvalue weighted by atomic mass is 9.87. The fraction of sp³-hybridized carbons (Fsp3) is 0.700. The Balaban J connectivity index is 2.36. The van der Waals surface area contributed by atoms with Gasteiger partial charge in [0.15, 0.2) is 0 Å². The molecule has 1 atom stereocenters. The van der Waals surface area contributed by atoms with E-state index >= 15 is 0 Å². The van der Waals surface area contributed by atoms with E-state index in [0.717, 1.165) is 13.1 Å². The molecule has 72 valence electrons. The Morgan fingerprint density at radius 1 is 1.69 bits per heavy atom. The van der Waals surface area contributed by atoms with Gasteiger partial charge >= 0.3 is 0 Å². The van der Waals surface area contributed by atoms with Gasteiger partial charge in [-0.3, -0.25) is 4.68 Å². The Labute approximate surface area is 78.9 Å². The summed E-state index contributed by atoms with van der Waals surface area (Å²) in [7, 11) is 0. The highest BCUT2D eigenvalue weighted by atomic mass is 15.3. The lowest BCUT2D eigenvalue weighted by Crippen LogP contribution is -2.18. The Kier molecular flexibility index (Phi) is 2.36. The normalized spacial score (nSPS) is 21.5. The first kappa shape index (κ1) is 8.75. The maximum atomic E-state index is 5.73. The monoisotopic (exact) mass is 179 g/mol. The van der Waals surface area contributed by atoms with Gasteiger partial charge in [0.2, 0.25) is 0 Å². The quantitative estimate of drug-likeness (QED) is 0.743. The predicted molar refractivity (Wildman–Crippen MR) is 52.6 cm³/mol. The maximum absolute atomic E-state index is 5.73. The number of nitrogens with two attached hydrogens (primary N) is 1. The van der Waals surface area contributed by atoms with E-state index in [0.29, 0.717) is 5.92 Å². The minimum absolute atomic E-state index is 0.559. The lowest BCUT2D eigenvalue weighted by Gasteiger charge is -2.21. The molecule has 0 spiro atoms. The smallest absolute Gasteiger partial charge is 0.0527 e. The molecule has 0 aliphatic heterocycles. The van der Waals surface area contributed by atoms with Crippen molar-refractivity contribution in [2.75, 3.05) is 6.54 Å². The summed E-state index contributed by atoms with van der Waals surface area (Å²) in [6, 6.07) is 0. The molecule has 0 amide bonds. The molecule has 2 rings (SSSR count). The van der Waals surface area contributed by atoms with E-state index in [1.165, 1.54) is 30.5 Å². The Morgan fingerprint density at radius 2 is 2.54 bits per heavy atom. The molecular weight excluding hydrogens is 162 g/mol. The van der Waals surface area contributed by atoms with Crippen LogP contribution in [0.4, 0.5) is 0 Å². The van der Waals surface area contributed by atoms with Crippen molar-refractivity contribution in [3.63, 3.8) is 0 Å². The summed E-state index contributed by atoms with van der Waals surface area (Å²) in [4.78, 5) is 0. The second-order valence-electron chi connectivity index (χ2n) is 3.69. The first-order valence-corrected chi connectivity index (χ1v) is 5.11. The summed E-state index contributed by atoms with van der Waals surface area (Å²) in [5, 5.41) is 4.38. The molecule has 1 aliphatic carbocycles. The molecule has 2 N–H and O–H groups in total. The molecule has 1 aromatic rings. The van der Waals surface area contributed by atoms with Gasteiger partial charge in [-0.2, -0.15) is 5.10 Å². The lowest BCUT2D eigenvalue weighted by molar-refractivity contribution is 0.526. The fourth-order valence-electron chi connectivity index (χ4n) is 2.23. The van der Waals surface area contributed by atoms with Crippen LogP contribution in [0.1, 0.15) is 36.9 Å². The number of rotatable bonds is 2. The highest BCUT2D eigenvalue weighted by Gasteiger charge is 2.22. The van der Waals surface area contributed by atoms with Crippen LogP contribution < -0.4 is 5.73 Å². The van der Waals surface area contributed by atoms with Gasteiger partial charge in [-0.1, -0.05) is 0 Å². The van der Waals surface area contributed by atoms with Crippen LogP contribution in [-0.2, 0) is 13.0 Å². The molecule has 0 aromatic carbocycles. The molecule has 3 nitrogen and oxygen atoms in total. The summed E-state index contributed by atoms with van der Waals surface area (Å²) < 4.78 is 2.11. The number of hydrogen-bond donors (Lipinski definition) is 1. The third-order valence-electron chi connectivity index (χ3n) is 2.97. The van der Waals surface area contributed by atoms with Crippen molar-refractivity contribution in [3.8, 4) is 0 Å². The van der Waals surface area contributed by atoms with Crippen molar-refractivity contribution in [3.05, 3.63) is 17.5 Å². The van der Waals surface area contributed by atoms with E-state index in [9.17, 15) is 0 Å². The standard InChI is InChI=1S/C10H17N3/c1-2-13-10-5-3-4-8(6-11)9(10)7-12-13/h7-8H,2-6,11H2,1H3. The van der Waals surface area contributed by atoms with Crippen LogP contribution in [0.5, 0.6) is 0 Å². The third-order valence-corrected chi connectivity index (χ3v) is 2.97. The molecule has 0 bridgehead atoms. The highest BCUT2D eigenvalue weighted by Crippen LogP contribution is 2.30. The molecule has 1 aromatic heterocycles. The molecule has 1 heterocycles. The Morgan fingerprint density at radius 3 is 3.23 bits per heavy atom. The highest BCUT2D eigenvalue weighted by molar-refractivity contribution is 5.25. The summed E-state index contributed by atoms with van der Waals surface area (Å²) in [6.07, 6.45) is 5.69. The molecule has 0 saturated carbocycles. The third kappa shape index (κ3) is 1.37. The first-order valence-electron chi connectivity index (χ1n) is 5.11. The van der Waals surface area contributed by atoms with Crippen LogP contribution in [0.25, 0.3) is 0 Å². The fourth-order valence-corrected chi connectivity index (χ4v) is 2.23. The van der Waals surface area contributed by atoms with Gasteiger partial charge < -0.3 is 5.73 Å². The second kappa shape index (κ2) is 3.50. The molecule has 13 heavy (non-hydrogen) atoms. The van der Waals surface area contributed by atoms with Gasteiger partial charge in [-0.15, -0.1) is 0 Å². The van der Waals surface area contributed by atoms with Crippen LogP contribution >= 0.6 is 0 Å². The second-order valence-corrected chi connectivity index (χ2v) is 3.69. The van der Waals surface area contributed by atoms with E-state index in [2.05, 4.69) is 16.7 Å². The van der Waals surface area contributed by atoms with E-state index in [-0.39, 0.29) is 0 Å². The van der Waals surface area contributed by atoms with Gasteiger partial charge in [0.25, 0.3) is 0 Å². The zero-order valence-corrected chi connectivity index (χ0v) is 8.16. The van der Waals surface area contributed by atoms with Gasteiger partial charge in [0, 0.05) is 12.2 Å². The molecule has 3 heteroatoms. The zero-order chi connectivity index (χ0) is 9.26. The molecule has 1 unspecified atom stereocenters. The molecule has 0 saturated heterocycles.